The Hall–Kier alpha value is -2.93. The SMILES string of the molecule is CN(C(=O)[C@H](CCO)NC(=O)OCc1ccccc1)c1ccc(F)cc1. The summed E-state index contributed by atoms with van der Waals surface area (Å²) in [6.07, 6.45) is -0.724. The maximum absolute atomic E-state index is 13.0. The van der Waals surface area contributed by atoms with E-state index >= 15 is 0 Å². The fourth-order valence-electron chi connectivity index (χ4n) is 2.32. The number of hydrogen-bond acceptors (Lipinski definition) is 4. The lowest BCUT2D eigenvalue weighted by Gasteiger charge is -2.24. The maximum atomic E-state index is 13.0. The van der Waals surface area contributed by atoms with Crippen LogP contribution in [0.4, 0.5) is 14.9 Å². The number of amides is 2. The second-order valence-electron chi connectivity index (χ2n) is 5.64. The summed E-state index contributed by atoms with van der Waals surface area (Å²) >= 11 is 0. The summed E-state index contributed by atoms with van der Waals surface area (Å²) in [5.41, 5.74) is 1.29. The summed E-state index contributed by atoms with van der Waals surface area (Å²) in [4.78, 5) is 25.8. The van der Waals surface area contributed by atoms with Crippen LogP contribution in [0, 0.1) is 5.82 Å². The third kappa shape index (κ3) is 5.56. The number of ether oxygens (including phenoxy) is 1. The Morgan fingerprint density at radius 3 is 2.42 bits per heavy atom. The van der Waals surface area contributed by atoms with Crippen molar-refractivity contribution in [3.63, 3.8) is 0 Å². The molecule has 0 aromatic heterocycles. The smallest absolute Gasteiger partial charge is 0.408 e. The van der Waals surface area contributed by atoms with E-state index in [0.29, 0.717) is 5.69 Å². The van der Waals surface area contributed by atoms with Gasteiger partial charge in [0, 0.05) is 19.3 Å². The van der Waals surface area contributed by atoms with Crippen LogP contribution in [-0.4, -0.2) is 36.8 Å². The molecular formula is C19H21FN2O4. The van der Waals surface area contributed by atoms with Gasteiger partial charge in [-0.2, -0.15) is 0 Å². The normalized spacial score (nSPS) is 11.5. The molecule has 0 radical (unpaired) electrons. The van der Waals surface area contributed by atoms with Gasteiger partial charge in [0.2, 0.25) is 5.91 Å². The molecule has 0 unspecified atom stereocenters. The monoisotopic (exact) mass is 360 g/mol. The topological polar surface area (TPSA) is 78.9 Å². The number of benzene rings is 2. The molecule has 0 saturated carbocycles. The van der Waals surface area contributed by atoms with Crippen molar-refractivity contribution in [2.75, 3.05) is 18.6 Å². The van der Waals surface area contributed by atoms with E-state index in [-0.39, 0.29) is 19.6 Å². The second-order valence-corrected chi connectivity index (χ2v) is 5.64. The zero-order valence-corrected chi connectivity index (χ0v) is 14.4. The minimum atomic E-state index is -0.960. The van der Waals surface area contributed by atoms with Crippen LogP contribution >= 0.6 is 0 Å². The van der Waals surface area contributed by atoms with E-state index in [0.717, 1.165) is 5.56 Å². The highest BCUT2D eigenvalue weighted by atomic mass is 19.1. The number of likely N-dealkylation sites (N-methyl/N-ethyl adjacent to an activating group) is 1. The largest absolute Gasteiger partial charge is 0.445 e. The fourth-order valence-corrected chi connectivity index (χ4v) is 2.32. The number of nitrogens with zero attached hydrogens (tertiary/aromatic N) is 1. The number of aliphatic hydroxyl groups is 1. The van der Waals surface area contributed by atoms with E-state index < -0.39 is 23.9 Å². The molecule has 0 aliphatic carbocycles. The molecule has 2 rings (SSSR count). The van der Waals surface area contributed by atoms with Crippen molar-refractivity contribution in [1.29, 1.82) is 0 Å². The van der Waals surface area contributed by atoms with Gasteiger partial charge in [0.15, 0.2) is 0 Å². The summed E-state index contributed by atoms with van der Waals surface area (Å²) in [5, 5.41) is 11.6. The third-order valence-corrected chi connectivity index (χ3v) is 3.77. The highest BCUT2D eigenvalue weighted by Gasteiger charge is 2.25. The van der Waals surface area contributed by atoms with Crippen LogP contribution in [-0.2, 0) is 16.1 Å². The molecule has 138 valence electrons. The molecule has 0 fully saturated rings. The predicted molar refractivity (Wildman–Crippen MR) is 95.1 cm³/mol. The minimum Gasteiger partial charge on any atom is -0.445 e. The lowest BCUT2D eigenvalue weighted by molar-refractivity contribution is -0.120. The van der Waals surface area contributed by atoms with Crippen LogP contribution in [0.25, 0.3) is 0 Å². The van der Waals surface area contributed by atoms with Crippen LogP contribution in [0.2, 0.25) is 0 Å². The van der Waals surface area contributed by atoms with Gasteiger partial charge >= 0.3 is 6.09 Å². The third-order valence-electron chi connectivity index (χ3n) is 3.77. The Bertz CT molecular complexity index is 722. The van der Waals surface area contributed by atoms with Crippen molar-refractivity contribution in [3.8, 4) is 0 Å². The Labute approximate surface area is 151 Å². The van der Waals surface area contributed by atoms with Gasteiger partial charge < -0.3 is 20.1 Å². The molecule has 2 aromatic carbocycles. The predicted octanol–water partition coefficient (Wildman–Crippen LogP) is 2.47. The second kappa shape index (κ2) is 9.53. The number of alkyl carbamates (subject to hydrolysis) is 1. The number of hydrogen-bond donors (Lipinski definition) is 2. The molecule has 2 aromatic rings. The first-order valence-electron chi connectivity index (χ1n) is 8.12. The molecule has 26 heavy (non-hydrogen) atoms. The summed E-state index contributed by atoms with van der Waals surface area (Å²) in [5.74, 6) is -0.855. The molecule has 2 amide bonds. The van der Waals surface area contributed by atoms with Crippen molar-refractivity contribution in [3.05, 3.63) is 66.0 Å². The number of carbonyl (C=O) groups is 2. The zero-order valence-electron chi connectivity index (χ0n) is 14.4. The Morgan fingerprint density at radius 1 is 1.15 bits per heavy atom. The van der Waals surface area contributed by atoms with E-state index in [9.17, 15) is 19.1 Å². The van der Waals surface area contributed by atoms with Gasteiger partial charge in [0.05, 0.1) is 0 Å². The van der Waals surface area contributed by atoms with Gasteiger partial charge in [-0.1, -0.05) is 30.3 Å². The highest BCUT2D eigenvalue weighted by molar-refractivity contribution is 5.98. The Kier molecular flexibility index (Phi) is 7.11. The van der Waals surface area contributed by atoms with E-state index in [2.05, 4.69) is 5.32 Å². The number of nitrogens with one attached hydrogen (secondary N) is 1. The summed E-state index contributed by atoms with van der Waals surface area (Å²) < 4.78 is 18.1. The van der Waals surface area contributed by atoms with Gasteiger partial charge in [-0.15, -0.1) is 0 Å². The molecule has 1 atom stereocenters. The maximum Gasteiger partial charge on any atom is 0.408 e. The molecule has 0 bridgehead atoms. The molecule has 0 spiro atoms. The van der Waals surface area contributed by atoms with Crippen molar-refractivity contribution in [2.24, 2.45) is 0 Å². The summed E-state index contributed by atoms with van der Waals surface area (Å²) in [6, 6.07) is 13.6. The van der Waals surface area contributed by atoms with Gasteiger partial charge in [-0.05, 0) is 36.2 Å². The highest BCUT2D eigenvalue weighted by Crippen LogP contribution is 2.15. The van der Waals surface area contributed by atoms with Crippen molar-refractivity contribution >= 4 is 17.7 Å². The molecular weight excluding hydrogens is 339 g/mol. The molecule has 0 heterocycles. The lowest BCUT2D eigenvalue weighted by Crippen LogP contribution is -2.48. The van der Waals surface area contributed by atoms with Crippen LogP contribution in [0.1, 0.15) is 12.0 Å². The van der Waals surface area contributed by atoms with E-state index in [1.807, 2.05) is 30.3 Å². The standard InChI is InChI=1S/C19H21FN2O4/c1-22(16-9-7-15(20)8-10-16)18(24)17(11-12-23)21-19(25)26-13-14-5-3-2-4-6-14/h2-10,17,23H,11-13H2,1H3,(H,21,25)/t17-/m0/s1. The summed E-state index contributed by atoms with van der Waals surface area (Å²) in [6.45, 7) is -0.215. The average molecular weight is 360 g/mol. The average Bonchev–Trinajstić information content (AvgIpc) is 2.66. The molecule has 0 aliphatic heterocycles. The quantitative estimate of drug-likeness (QED) is 0.795. The van der Waals surface area contributed by atoms with Gasteiger partial charge in [0.1, 0.15) is 18.5 Å². The summed E-state index contributed by atoms with van der Waals surface area (Å²) in [7, 11) is 1.51. The van der Waals surface area contributed by atoms with E-state index in [1.165, 1.54) is 36.2 Å². The number of carbonyl (C=O) groups excluding carboxylic acids is 2. The van der Waals surface area contributed by atoms with E-state index in [4.69, 9.17) is 4.74 Å². The molecule has 2 N–H and O–H groups in total. The zero-order chi connectivity index (χ0) is 18.9. The van der Waals surface area contributed by atoms with Crippen LogP contribution in [0.5, 0.6) is 0 Å². The molecule has 7 heteroatoms. The lowest BCUT2D eigenvalue weighted by atomic mass is 10.1. The molecule has 0 aliphatic rings. The number of halogens is 1. The molecule has 6 nitrogen and oxygen atoms in total. The van der Waals surface area contributed by atoms with Gasteiger partial charge in [0.25, 0.3) is 0 Å². The molecule has 0 saturated heterocycles. The number of rotatable bonds is 7. The van der Waals surface area contributed by atoms with E-state index in [1.54, 1.807) is 0 Å². The number of anilines is 1. The van der Waals surface area contributed by atoms with Crippen molar-refractivity contribution in [1.82, 2.24) is 5.32 Å². The van der Waals surface area contributed by atoms with Crippen molar-refractivity contribution < 1.29 is 23.8 Å². The van der Waals surface area contributed by atoms with Gasteiger partial charge in [-0.25, -0.2) is 9.18 Å². The first kappa shape index (κ1) is 19.4. The minimum absolute atomic E-state index is 0.0325. The Balaban J connectivity index is 1.96. The van der Waals surface area contributed by atoms with Gasteiger partial charge in [-0.3, -0.25) is 4.79 Å². The first-order valence-corrected chi connectivity index (χ1v) is 8.12. The fraction of sp³-hybridized carbons (Fsp3) is 0.263. The first-order chi connectivity index (χ1) is 12.5. The van der Waals surface area contributed by atoms with Crippen LogP contribution < -0.4 is 10.2 Å². The van der Waals surface area contributed by atoms with Crippen LogP contribution in [0.3, 0.4) is 0 Å². The van der Waals surface area contributed by atoms with Crippen LogP contribution in [0.15, 0.2) is 54.6 Å². The van der Waals surface area contributed by atoms with Crippen molar-refractivity contribution in [2.45, 2.75) is 19.1 Å². The number of aliphatic hydroxyl groups excluding tert-OH is 1. The Morgan fingerprint density at radius 2 is 1.81 bits per heavy atom.